The SMILES string of the molecule is Cn1ccsc1=NC(=O)CCc1cccnc1. The van der Waals surface area contributed by atoms with Crippen LogP contribution in [0.25, 0.3) is 0 Å². The Kier molecular flexibility index (Phi) is 3.82. The molecule has 5 heteroatoms. The first-order valence-corrected chi connectivity index (χ1v) is 6.20. The van der Waals surface area contributed by atoms with Gasteiger partial charge in [-0.05, 0) is 18.1 Å². The van der Waals surface area contributed by atoms with Gasteiger partial charge in [-0.1, -0.05) is 6.07 Å². The summed E-state index contributed by atoms with van der Waals surface area (Å²) in [5.74, 6) is -0.0908. The van der Waals surface area contributed by atoms with Crippen molar-refractivity contribution in [3.05, 3.63) is 46.5 Å². The van der Waals surface area contributed by atoms with Gasteiger partial charge in [-0.3, -0.25) is 9.78 Å². The number of hydrogen-bond acceptors (Lipinski definition) is 3. The Balaban J connectivity index is 1.98. The topological polar surface area (TPSA) is 47.2 Å². The van der Waals surface area contributed by atoms with E-state index < -0.39 is 0 Å². The van der Waals surface area contributed by atoms with Crippen molar-refractivity contribution in [1.29, 1.82) is 0 Å². The van der Waals surface area contributed by atoms with E-state index in [0.29, 0.717) is 12.8 Å². The summed E-state index contributed by atoms with van der Waals surface area (Å²) in [5, 5.41) is 1.91. The molecule has 0 aliphatic heterocycles. The van der Waals surface area contributed by atoms with Crippen molar-refractivity contribution in [3.63, 3.8) is 0 Å². The van der Waals surface area contributed by atoms with E-state index in [1.165, 1.54) is 11.3 Å². The lowest BCUT2D eigenvalue weighted by Gasteiger charge is -1.96. The third kappa shape index (κ3) is 3.35. The maximum atomic E-state index is 11.6. The molecule has 0 N–H and O–H groups in total. The van der Waals surface area contributed by atoms with Crippen molar-refractivity contribution in [1.82, 2.24) is 9.55 Å². The molecule has 4 nitrogen and oxygen atoms in total. The second kappa shape index (κ2) is 5.54. The molecule has 2 heterocycles. The van der Waals surface area contributed by atoms with E-state index in [0.717, 1.165) is 10.4 Å². The highest BCUT2D eigenvalue weighted by atomic mass is 32.1. The molecule has 0 saturated carbocycles. The summed E-state index contributed by atoms with van der Waals surface area (Å²) in [4.78, 5) is 20.4. The Hall–Kier alpha value is -1.75. The Morgan fingerprint density at radius 2 is 2.47 bits per heavy atom. The van der Waals surface area contributed by atoms with Crippen LogP contribution in [0.15, 0.2) is 41.1 Å². The minimum absolute atomic E-state index is 0.0908. The third-order valence-electron chi connectivity index (χ3n) is 2.33. The van der Waals surface area contributed by atoms with Gasteiger partial charge in [0.25, 0.3) is 0 Å². The summed E-state index contributed by atoms with van der Waals surface area (Å²) in [5.41, 5.74) is 1.06. The fourth-order valence-electron chi connectivity index (χ4n) is 1.39. The van der Waals surface area contributed by atoms with Gasteiger partial charge in [-0.15, -0.1) is 11.3 Å². The van der Waals surface area contributed by atoms with E-state index in [4.69, 9.17) is 0 Å². The molecule has 17 heavy (non-hydrogen) atoms. The summed E-state index contributed by atoms with van der Waals surface area (Å²) in [6, 6.07) is 3.83. The van der Waals surface area contributed by atoms with Gasteiger partial charge < -0.3 is 4.57 Å². The van der Waals surface area contributed by atoms with Gasteiger partial charge in [-0.2, -0.15) is 4.99 Å². The van der Waals surface area contributed by atoms with Gasteiger partial charge in [0, 0.05) is 37.4 Å². The van der Waals surface area contributed by atoms with E-state index in [-0.39, 0.29) is 5.91 Å². The zero-order chi connectivity index (χ0) is 12.1. The molecule has 0 saturated heterocycles. The first-order valence-electron chi connectivity index (χ1n) is 5.32. The van der Waals surface area contributed by atoms with Gasteiger partial charge in [0.2, 0.25) is 5.91 Å². The van der Waals surface area contributed by atoms with E-state index in [9.17, 15) is 4.79 Å². The van der Waals surface area contributed by atoms with E-state index in [1.54, 1.807) is 12.4 Å². The molecule has 0 aromatic carbocycles. The van der Waals surface area contributed by atoms with Crippen molar-refractivity contribution in [2.45, 2.75) is 12.8 Å². The Labute approximate surface area is 103 Å². The van der Waals surface area contributed by atoms with Crippen molar-refractivity contribution in [2.75, 3.05) is 0 Å². The van der Waals surface area contributed by atoms with Gasteiger partial charge in [0.1, 0.15) is 0 Å². The molecule has 1 amide bonds. The number of aromatic nitrogens is 2. The van der Waals surface area contributed by atoms with Gasteiger partial charge in [0.15, 0.2) is 4.80 Å². The van der Waals surface area contributed by atoms with Crippen molar-refractivity contribution in [2.24, 2.45) is 12.0 Å². The maximum Gasteiger partial charge on any atom is 0.248 e. The predicted molar refractivity (Wildman–Crippen MR) is 66.4 cm³/mol. The quantitative estimate of drug-likeness (QED) is 0.826. The zero-order valence-electron chi connectivity index (χ0n) is 9.54. The number of thiazole rings is 1. The largest absolute Gasteiger partial charge is 0.327 e. The molecular formula is C12H13N3OS. The molecule has 0 bridgehead atoms. The van der Waals surface area contributed by atoms with E-state index >= 15 is 0 Å². The second-order valence-electron chi connectivity index (χ2n) is 3.66. The van der Waals surface area contributed by atoms with Crippen LogP contribution in [0.3, 0.4) is 0 Å². The normalized spacial score (nSPS) is 11.7. The number of hydrogen-bond donors (Lipinski definition) is 0. The standard InChI is InChI=1S/C12H13N3OS/c1-15-7-8-17-12(15)14-11(16)5-4-10-3-2-6-13-9-10/h2-3,6-9H,4-5H2,1H3. The molecule has 0 unspecified atom stereocenters. The smallest absolute Gasteiger partial charge is 0.248 e. The van der Waals surface area contributed by atoms with Gasteiger partial charge in [-0.25, -0.2) is 0 Å². The summed E-state index contributed by atoms with van der Waals surface area (Å²) < 4.78 is 1.84. The minimum Gasteiger partial charge on any atom is -0.327 e. The van der Waals surface area contributed by atoms with Crippen LogP contribution in [0.4, 0.5) is 0 Å². The van der Waals surface area contributed by atoms with Crippen LogP contribution >= 0.6 is 11.3 Å². The molecule has 2 aromatic heterocycles. The maximum absolute atomic E-state index is 11.6. The molecule has 0 radical (unpaired) electrons. The lowest BCUT2D eigenvalue weighted by Crippen LogP contribution is -2.12. The van der Waals surface area contributed by atoms with Crippen molar-refractivity contribution in [3.8, 4) is 0 Å². The summed E-state index contributed by atoms with van der Waals surface area (Å²) >= 11 is 1.46. The molecular weight excluding hydrogens is 234 g/mol. The van der Waals surface area contributed by atoms with Crippen LogP contribution in [-0.4, -0.2) is 15.5 Å². The number of aryl methyl sites for hydroxylation is 2. The third-order valence-corrected chi connectivity index (χ3v) is 3.18. The van der Waals surface area contributed by atoms with Crippen molar-refractivity contribution < 1.29 is 4.79 Å². The lowest BCUT2D eigenvalue weighted by atomic mass is 10.1. The Morgan fingerprint density at radius 1 is 1.59 bits per heavy atom. The fourth-order valence-corrected chi connectivity index (χ4v) is 2.14. The van der Waals surface area contributed by atoms with Crippen LogP contribution in [0.1, 0.15) is 12.0 Å². The first-order chi connectivity index (χ1) is 8.25. The highest BCUT2D eigenvalue weighted by molar-refractivity contribution is 7.07. The molecule has 0 aliphatic rings. The number of nitrogens with zero attached hydrogens (tertiary/aromatic N) is 3. The van der Waals surface area contributed by atoms with Crippen LogP contribution in [-0.2, 0) is 18.3 Å². The summed E-state index contributed by atoms with van der Waals surface area (Å²) in [6.45, 7) is 0. The second-order valence-corrected chi connectivity index (χ2v) is 4.54. The minimum atomic E-state index is -0.0908. The van der Waals surface area contributed by atoms with Crippen LogP contribution in [0.5, 0.6) is 0 Å². The summed E-state index contributed by atoms with van der Waals surface area (Å²) in [6.07, 6.45) is 6.49. The van der Waals surface area contributed by atoms with Crippen LogP contribution < -0.4 is 4.80 Å². The highest BCUT2D eigenvalue weighted by Crippen LogP contribution is 2.01. The van der Waals surface area contributed by atoms with Gasteiger partial charge >= 0.3 is 0 Å². The number of pyridine rings is 1. The number of carbonyl (C=O) groups is 1. The zero-order valence-corrected chi connectivity index (χ0v) is 10.4. The fraction of sp³-hybridized carbons (Fsp3) is 0.250. The van der Waals surface area contributed by atoms with Crippen molar-refractivity contribution >= 4 is 17.2 Å². The molecule has 0 spiro atoms. The molecule has 2 aromatic rings. The predicted octanol–water partition coefficient (Wildman–Crippen LogP) is 1.54. The van der Waals surface area contributed by atoms with E-state index in [1.807, 2.05) is 35.3 Å². The summed E-state index contributed by atoms with van der Waals surface area (Å²) in [7, 11) is 1.88. The van der Waals surface area contributed by atoms with E-state index in [2.05, 4.69) is 9.98 Å². The average Bonchev–Trinajstić information content (AvgIpc) is 2.74. The monoisotopic (exact) mass is 247 g/mol. The number of carbonyl (C=O) groups excluding carboxylic acids is 1. The van der Waals surface area contributed by atoms with Crippen LogP contribution in [0, 0.1) is 0 Å². The Morgan fingerprint density at radius 3 is 3.12 bits per heavy atom. The number of rotatable bonds is 3. The molecule has 88 valence electrons. The lowest BCUT2D eigenvalue weighted by molar-refractivity contribution is -0.118. The molecule has 0 atom stereocenters. The molecule has 0 aliphatic carbocycles. The average molecular weight is 247 g/mol. The molecule has 2 rings (SSSR count). The highest BCUT2D eigenvalue weighted by Gasteiger charge is 2.01. The Bertz CT molecular complexity index is 556. The molecule has 0 fully saturated rings. The van der Waals surface area contributed by atoms with Gasteiger partial charge in [0.05, 0.1) is 0 Å². The number of amides is 1. The van der Waals surface area contributed by atoms with Crippen LogP contribution in [0.2, 0.25) is 0 Å². The first kappa shape index (κ1) is 11.7.